The molecule has 0 saturated heterocycles. The smallest absolute Gasteiger partial charge is 0.175 e. The average Bonchev–Trinajstić information content (AvgIpc) is 3.05. The predicted octanol–water partition coefficient (Wildman–Crippen LogP) is 3.49. The molecular formula is C19H15N3O2S. The van der Waals surface area contributed by atoms with Crippen LogP contribution >= 0.6 is 0 Å². The van der Waals surface area contributed by atoms with Gasteiger partial charge in [0.15, 0.2) is 9.84 Å². The van der Waals surface area contributed by atoms with Crippen molar-refractivity contribution in [3.8, 4) is 16.8 Å². The third kappa shape index (κ3) is 2.92. The molecule has 0 aliphatic carbocycles. The summed E-state index contributed by atoms with van der Waals surface area (Å²) in [5.74, 6) is 0. The van der Waals surface area contributed by atoms with Crippen molar-refractivity contribution in [1.29, 1.82) is 0 Å². The van der Waals surface area contributed by atoms with Crippen molar-refractivity contribution in [1.82, 2.24) is 14.5 Å². The summed E-state index contributed by atoms with van der Waals surface area (Å²) in [5, 5.41) is 0. The minimum atomic E-state index is -3.20. The second-order valence-corrected chi connectivity index (χ2v) is 7.84. The van der Waals surface area contributed by atoms with E-state index < -0.39 is 9.84 Å². The van der Waals surface area contributed by atoms with Crippen LogP contribution in [0.5, 0.6) is 0 Å². The molecule has 0 N–H and O–H groups in total. The topological polar surface area (TPSA) is 64.8 Å². The summed E-state index contributed by atoms with van der Waals surface area (Å²) in [4.78, 5) is 8.79. The van der Waals surface area contributed by atoms with E-state index in [9.17, 15) is 8.42 Å². The fraction of sp³-hybridized carbons (Fsp3) is 0.0526. The van der Waals surface area contributed by atoms with Crippen LogP contribution in [0.2, 0.25) is 0 Å². The number of sulfone groups is 1. The summed E-state index contributed by atoms with van der Waals surface area (Å²) in [6, 6.07) is 16.8. The molecule has 0 amide bonds. The molecule has 0 unspecified atom stereocenters. The van der Waals surface area contributed by atoms with Crippen LogP contribution in [0.4, 0.5) is 0 Å². The molecule has 4 aromatic rings. The lowest BCUT2D eigenvalue weighted by atomic mass is 10.1. The average molecular weight is 349 g/mol. The van der Waals surface area contributed by atoms with E-state index in [0.29, 0.717) is 4.90 Å². The van der Waals surface area contributed by atoms with Crippen LogP contribution < -0.4 is 0 Å². The summed E-state index contributed by atoms with van der Waals surface area (Å²) in [7, 11) is -3.20. The Morgan fingerprint density at radius 2 is 1.60 bits per heavy atom. The lowest BCUT2D eigenvalue weighted by Crippen LogP contribution is -1.98. The summed E-state index contributed by atoms with van der Waals surface area (Å²) >= 11 is 0. The van der Waals surface area contributed by atoms with Crippen molar-refractivity contribution in [3.63, 3.8) is 0 Å². The number of benzene rings is 2. The summed E-state index contributed by atoms with van der Waals surface area (Å²) < 4.78 is 25.2. The number of hydrogen-bond donors (Lipinski definition) is 0. The van der Waals surface area contributed by atoms with Crippen LogP contribution in [0, 0.1) is 0 Å². The van der Waals surface area contributed by atoms with Crippen LogP contribution in [-0.2, 0) is 9.84 Å². The van der Waals surface area contributed by atoms with Crippen LogP contribution in [0.1, 0.15) is 0 Å². The molecule has 2 aromatic heterocycles. The molecule has 0 fully saturated rings. The fourth-order valence-electron chi connectivity index (χ4n) is 2.79. The SMILES string of the molecule is CS(=O)(=O)c1ccc(-n2cnc3ccc(-c4ccncc4)cc32)cc1. The maximum Gasteiger partial charge on any atom is 0.175 e. The second-order valence-electron chi connectivity index (χ2n) is 5.82. The molecule has 25 heavy (non-hydrogen) atoms. The predicted molar refractivity (Wildman–Crippen MR) is 97.4 cm³/mol. The molecule has 0 aliphatic rings. The van der Waals surface area contributed by atoms with Crippen LogP contribution in [0.25, 0.3) is 27.8 Å². The second kappa shape index (κ2) is 5.82. The number of pyridine rings is 1. The Hall–Kier alpha value is -2.99. The van der Waals surface area contributed by atoms with Crippen molar-refractivity contribution >= 4 is 20.9 Å². The lowest BCUT2D eigenvalue weighted by molar-refractivity contribution is 0.602. The maximum atomic E-state index is 11.6. The van der Waals surface area contributed by atoms with Gasteiger partial charge in [0.2, 0.25) is 0 Å². The first-order chi connectivity index (χ1) is 12.0. The summed E-state index contributed by atoms with van der Waals surface area (Å²) in [6.07, 6.45) is 6.48. The quantitative estimate of drug-likeness (QED) is 0.568. The highest BCUT2D eigenvalue weighted by Gasteiger charge is 2.09. The van der Waals surface area contributed by atoms with Gasteiger partial charge in [0.05, 0.1) is 15.9 Å². The molecule has 2 heterocycles. The molecule has 0 spiro atoms. The number of aromatic nitrogens is 3. The third-order valence-electron chi connectivity index (χ3n) is 4.10. The number of nitrogens with zero attached hydrogens (tertiary/aromatic N) is 3. The zero-order valence-electron chi connectivity index (χ0n) is 13.5. The highest BCUT2D eigenvalue weighted by Crippen LogP contribution is 2.25. The standard InChI is InChI=1S/C19H15N3O2S/c1-25(23,24)17-5-3-16(4-6-17)22-13-21-18-7-2-15(12-19(18)22)14-8-10-20-11-9-14/h2-13H,1H3. The van der Waals surface area contributed by atoms with Crippen molar-refractivity contribution in [2.75, 3.05) is 6.26 Å². The van der Waals surface area contributed by atoms with Crippen LogP contribution in [0.3, 0.4) is 0 Å². The van der Waals surface area contributed by atoms with Gasteiger partial charge in [-0.3, -0.25) is 9.55 Å². The van der Waals surface area contributed by atoms with E-state index in [1.807, 2.05) is 28.8 Å². The first-order valence-electron chi connectivity index (χ1n) is 7.70. The van der Waals surface area contributed by atoms with E-state index in [1.165, 1.54) is 6.26 Å². The van der Waals surface area contributed by atoms with Gasteiger partial charge in [-0.25, -0.2) is 13.4 Å². The van der Waals surface area contributed by atoms with Gasteiger partial charge in [-0.1, -0.05) is 6.07 Å². The summed E-state index contributed by atoms with van der Waals surface area (Å²) in [6.45, 7) is 0. The highest BCUT2D eigenvalue weighted by atomic mass is 32.2. The third-order valence-corrected chi connectivity index (χ3v) is 5.23. The van der Waals surface area contributed by atoms with Gasteiger partial charge < -0.3 is 0 Å². The Labute approximate surface area is 145 Å². The van der Waals surface area contributed by atoms with Gasteiger partial charge in [0.1, 0.15) is 6.33 Å². The number of hydrogen-bond acceptors (Lipinski definition) is 4. The molecule has 0 aliphatic heterocycles. The molecule has 0 saturated carbocycles. The van der Waals surface area contributed by atoms with Crippen molar-refractivity contribution in [2.24, 2.45) is 0 Å². The minimum Gasteiger partial charge on any atom is -0.299 e. The monoisotopic (exact) mass is 349 g/mol. The Kier molecular flexibility index (Phi) is 3.62. The maximum absolute atomic E-state index is 11.6. The highest BCUT2D eigenvalue weighted by molar-refractivity contribution is 7.90. The van der Waals surface area contributed by atoms with Crippen molar-refractivity contribution in [3.05, 3.63) is 73.3 Å². The van der Waals surface area contributed by atoms with Gasteiger partial charge in [-0.05, 0) is 59.7 Å². The fourth-order valence-corrected chi connectivity index (χ4v) is 3.42. The lowest BCUT2D eigenvalue weighted by Gasteiger charge is -2.07. The first-order valence-corrected chi connectivity index (χ1v) is 9.59. The van der Waals surface area contributed by atoms with E-state index in [4.69, 9.17) is 0 Å². The van der Waals surface area contributed by atoms with Crippen LogP contribution in [0.15, 0.2) is 78.2 Å². The van der Waals surface area contributed by atoms with E-state index in [2.05, 4.69) is 16.0 Å². The Bertz CT molecular complexity index is 1150. The summed E-state index contributed by atoms with van der Waals surface area (Å²) in [5.41, 5.74) is 4.86. The molecule has 6 heteroatoms. The Morgan fingerprint density at radius 3 is 2.28 bits per heavy atom. The molecule has 0 radical (unpaired) electrons. The van der Waals surface area contributed by atoms with Crippen LogP contribution in [-0.4, -0.2) is 29.2 Å². The largest absolute Gasteiger partial charge is 0.299 e. The van der Waals surface area contributed by atoms with Gasteiger partial charge in [-0.2, -0.15) is 0 Å². The zero-order chi connectivity index (χ0) is 17.4. The molecule has 0 atom stereocenters. The minimum absolute atomic E-state index is 0.304. The van der Waals surface area contributed by atoms with Gasteiger partial charge >= 0.3 is 0 Å². The molecule has 5 nitrogen and oxygen atoms in total. The number of fused-ring (bicyclic) bond motifs is 1. The van der Waals surface area contributed by atoms with E-state index >= 15 is 0 Å². The van der Waals surface area contributed by atoms with E-state index in [-0.39, 0.29) is 0 Å². The molecule has 4 rings (SSSR count). The molecule has 0 bridgehead atoms. The van der Waals surface area contributed by atoms with Crippen molar-refractivity contribution in [2.45, 2.75) is 4.90 Å². The van der Waals surface area contributed by atoms with Gasteiger partial charge in [-0.15, -0.1) is 0 Å². The first kappa shape index (κ1) is 15.5. The number of rotatable bonds is 3. The Morgan fingerprint density at radius 1 is 0.880 bits per heavy atom. The normalized spacial score (nSPS) is 11.7. The zero-order valence-corrected chi connectivity index (χ0v) is 14.3. The van der Waals surface area contributed by atoms with Gasteiger partial charge in [0, 0.05) is 24.3 Å². The number of imidazole rings is 1. The van der Waals surface area contributed by atoms with E-state index in [1.54, 1.807) is 43.0 Å². The molecular weight excluding hydrogens is 334 g/mol. The van der Waals surface area contributed by atoms with Gasteiger partial charge in [0.25, 0.3) is 0 Å². The molecule has 124 valence electrons. The van der Waals surface area contributed by atoms with E-state index in [0.717, 1.165) is 27.8 Å². The van der Waals surface area contributed by atoms with Crippen molar-refractivity contribution < 1.29 is 8.42 Å². The molecule has 2 aromatic carbocycles. The Balaban J connectivity index is 1.83.